The summed E-state index contributed by atoms with van der Waals surface area (Å²) >= 11 is 0. The lowest BCUT2D eigenvalue weighted by Crippen LogP contribution is -2.44. The average Bonchev–Trinajstić information content (AvgIpc) is 2.51. The van der Waals surface area contributed by atoms with Crippen molar-refractivity contribution in [2.75, 3.05) is 13.2 Å². The zero-order valence-electron chi connectivity index (χ0n) is 11.6. The van der Waals surface area contributed by atoms with Gasteiger partial charge in [0.25, 0.3) is 5.91 Å². The molecule has 110 valence electrons. The summed E-state index contributed by atoms with van der Waals surface area (Å²) in [5.41, 5.74) is 4.29. The molecule has 0 saturated carbocycles. The fourth-order valence-corrected chi connectivity index (χ4v) is 1.73. The number of benzene rings is 2. The van der Waals surface area contributed by atoms with Crippen LogP contribution in [0, 0.1) is 0 Å². The summed E-state index contributed by atoms with van der Waals surface area (Å²) in [6.45, 7) is 1.70. The average molecular weight is 288 g/mol. The lowest BCUT2D eigenvalue weighted by molar-refractivity contribution is -0.123. The zero-order valence-corrected chi connectivity index (χ0v) is 11.6. The summed E-state index contributed by atoms with van der Waals surface area (Å²) < 4.78 is 9.96. The number of ether oxygens (including phenoxy) is 2. The Labute approximate surface area is 122 Å². The van der Waals surface area contributed by atoms with Gasteiger partial charge in [0, 0.05) is 0 Å². The van der Waals surface area contributed by atoms with Gasteiger partial charge in [-0.15, -0.1) is 0 Å². The maximum Gasteiger partial charge on any atom is 0.426 e. The van der Waals surface area contributed by atoms with E-state index in [4.69, 9.17) is 4.74 Å². The van der Waals surface area contributed by atoms with Crippen molar-refractivity contribution in [2.24, 2.45) is 0 Å². The van der Waals surface area contributed by atoms with Gasteiger partial charge in [0.15, 0.2) is 6.61 Å². The predicted molar refractivity (Wildman–Crippen MR) is 77.7 cm³/mol. The molecule has 0 fully saturated rings. The Balaban J connectivity index is 1.83. The highest BCUT2D eigenvalue weighted by Crippen LogP contribution is 2.20. The van der Waals surface area contributed by atoms with Gasteiger partial charge in [0.05, 0.1) is 6.61 Å². The Hall–Kier alpha value is -2.76. The molecule has 0 unspecified atom stereocenters. The Bertz CT molecular complexity index is 642. The van der Waals surface area contributed by atoms with Gasteiger partial charge in [-0.1, -0.05) is 30.3 Å². The van der Waals surface area contributed by atoms with Crippen molar-refractivity contribution >= 4 is 22.8 Å². The molecule has 2 rings (SSSR count). The summed E-state index contributed by atoms with van der Waals surface area (Å²) in [5.74, 6) is 0.108. The molecular formula is C15H16N2O4. The van der Waals surface area contributed by atoms with Crippen LogP contribution in [0.4, 0.5) is 4.79 Å². The van der Waals surface area contributed by atoms with Crippen molar-refractivity contribution in [3.05, 3.63) is 42.5 Å². The smallest absolute Gasteiger partial charge is 0.426 e. The largest absolute Gasteiger partial charge is 0.484 e. The van der Waals surface area contributed by atoms with E-state index < -0.39 is 12.0 Å². The van der Waals surface area contributed by atoms with E-state index in [2.05, 4.69) is 15.6 Å². The van der Waals surface area contributed by atoms with Gasteiger partial charge in [-0.3, -0.25) is 10.2 Å². The second-order valence-electron chi connectivity index (χ2n) is 4.19. The molecule has 6 nitrogen and oxygen atoms in total. The molecule has 0 aliphatic heterocycles. The van der Waals surface area contributed by atoms with Gasteiger partial charge in [0.1, 0.15) is 5.75 Å². The Morgan fingerprint density at radius 2 is 1.81 bits per heavy atom. The summed E-state index contributed by atoms with van der Waals surface area (Å²) in [4.78, 5) is 22.5. The fourth-order valence-electron chi connectivity index (χ4n) is 1.73. The van der Waals surface area contributed by atoms with Gasteiger partial charge in [-0.25, -0.2) is 10.2 Å². The van der Waals surface area contributed by atoms with E-state index >= 15 is 0 Å². The number of amides is 2. The number of nitrogens with one attached hydrogen (secondary N) is 2. The number of carbonyl (C=O) groups excluding carboxylic acids is 2. The molecule has 2 amide bonds. The summed E-state index contributed by atoms with van der Waals surface area (Å²) in [5, 5.41) is 2.12. The first kappa shape index (κ1) is 14.6. The van der Waals surface area contributed by atoms with Crippen molar-refractivity contribution in [1.29, 1.82) is 0 Å². The molecule has 2 N–H and O–H groups in total. The number of hydrogen-bond donors (Lipinski definition) is 2. The van der Waals surface area contributed by atoms with Crippen molar-refractivity contribution in [3.8, 4) is 5.75 Å². The molecule has 2 aromatic carbocycles. The predicted octanol–water partition coefficient (Wildman–Crippen LogP) is 2.00. The monoisotopic (exact) mass is 288 g/mol. The molecule has 0 aliphatic carbocycles. The molecule has 0 saturated heterocycles. The first-order valence-electron chi connectivity index (χ1n) is 6.52. The van der Waals surface area contributed by atoms with Crippen molar-refractivity contribution in [3.63, 3.8) is 0 Å². The lowest BCUT2D eigenvalue weighted by atomic mass is 10.1. The molecule has 0 heterocycles. The van der Waals surface area contributed by atoms with E-state index in [1.165, 1.54) is 0 Å². The minimum atomic E-state index is -0.712. The van der Waals surface area contributed by atoms with Crippen LogP contribution in [-0.4, -0.2) is 25.2 Å². The molecule has 0 atom stereocenters. The van der Waals surface area contributed by atoms with E-state index in [1.54, 1.807) is 13.0 Å². The van der Waals surface area contributed by atoms with Crippen LogP contribution in [0.1, 0.15) is 6.92 Å². The third kappa shape index (κ3) is 4.38. The standard InChI is InChI=1S/C15H16N2O4/c1-2-20-15(19)17-16-14(18)10-21-13-8-7-11-5-3-4-6-12(11)9-13/h3-9H,2,10H2,1H3,(H,16,18)(H,17,19). The van der Waals surface area contributed by atoms with Crippen LogP contribution in [0.25, 0.3) is 10.8 Å². The highest BCUT2D eigenvalue weighted by atomic mass is 16.6. The number of fused-ring (bicyclic) bond motifs is 1. The molecule has 0 aliphatic rings. The van der Waals surface area contributed by atoms with Gasteiger partial charge >= 0.3 is 6.09 Å². The van der Waals surface area contributed by atoms with E-state index in [1.807, 2.05) is 36.4 Å². The van der Waals surface area contributed by atoms with E-state index in [-0.39, 0.29) is 13.2 Å². The Morgan fingerprint density at radius 3 is 2.57 bits per heavy atom. The van der Waals surface area contributed by atoms with Crippen LogP contribution in [-0.2, 0) is 9.53 Å². The first-order chi connectivity index (χ1) is 10.2. The fraction of sp³-hybridized carbons (Fsp3) is 0.200. The normalized spacial score (nSPS) is 9.95. The maximum absolute atomic E-state index is 11.5. The molecule has 0 bridgehead atoms. The van der Waals surface area contributed by atoms with Crippen LogP contribution < -0.4 is 15.6 Å². The van der Waals surface area contributed by atoms with Gasteiger partial charge in [0.2, 0.25) is 0 Å². The van der Waals surface area contributed by atoms with E-state index in [9.17, 15) is 9.59 Å². The summed E-state index contributed by atoms with van der Waals surface area (Å²) in [6.07, 6.45) is -0.712. The summed E-state index contributed by atoms with van der Waals surface area (Å²) in [6, 6.07) is 13.4. The molecule has 0 radical (unpaired) electrons. The number of carbonyl (C=O) groups is 2. The second kappa shape index (κ2) is 7.14. The number of hydrogen-bond acceptors (Lipinski definition) is 4. The minimum Gasteiger partial charge on any atom is -0.484 e. The SMILES string of the molecule is CCOC(=O)NNC(=O)COc1ccc2ccccc2c1. The first-order valence-corrected chi connectivity index (χ1v) is 6.52. The van der Waals surface area contributed by atoms with Gasteiger partial charge < -0.3 is 9.47 Å². The molecule has 21 heavy (non-hydrogen) atoms. The lowest BCUT2D eigenvalue weighted by Gasteiger charge is -2.09. The highest BCUT2D eigenvalue weighted by molar-refractivity contribution is 5.84. The minimum absolute atomic E-state index is 0.204. The molecule has 6 heteroatoms. The second-order valence-corrected chi connectivity index (χ2v) is 4.19. The van der Waals surface area contributed by atoms with Crippen LogP contribution in [0.2, 0.25) is 0 Å². The molecule has 2 aromatic rings. The summed E-state index contributed by atoms with van der Waals surface area (Å²) in [7, 11) is 0. The van der Waals surface area contributed by atoms with Crippen molar-refractivity contribution < 1.29 is 19.1 Å². The van der Waals surface area contributed by atoms with Crippen molar-refractivity contribution in [1.82, 2.24) is 10.9 Å². The topological polar surface area (TPSA) is 76.7 Å². The zero-order chi connectivity index (χ0) is 15.1. The third-order valence-corrected chi connectivity index (χ3v) is 2.67. The number of rotatable bonds is 4. The molecular weight excluding hydrogens is 272 g/mol. The van der Waals surface area contributed by atoms with Gasteiger partial charge in [-0.05, 0) is 29.8 Å². The van der Waals surface area contributed by atoms with Crippen LogP contribution in [0.5, 0.6) is 5.75 Å². The van der Waals surface area contributed by atoms with E-state index in [0.717, 1.165) is 10.8 Å². The van der Waals surface area contributed by atoms with Crippen LogP contribution in [0.3, 0.4) is 0 Å². The maximum atomic E-state index is 11.5. The number of hydrazine groups is 1. The highest BCUT2D eigenvalue weighted by Gasteiger charge is 2.05. The van der Waals surface area contributed by atoms with Crippen LogP contribution >= 0.6 is 0 Å². The quantitative estimate of drug-likeness (QED) is 0.844. The molecule has 0 spiro atoms. The third-order valence-electron chi connectivity index (χ3n) is 2.67. The van der Waals surface area contributed by atoms with Crippen LogP contribution in [0.15, 0.2) is 42.5 Å². The Kier molecular flexibility index (Phi) is 4.98. The van der Waals surface area contributed by atoms with Gasteiger partial charge in [-0.2, -0.15) is 0 Å². The van der Waals surface area contributed by atoms with Crippen molar-refractivity contribution in [2.45, 2.75) is 6.92 Å². The Morgan fingerprint density at radius 1 is 1.05 bits per heavy atom. The van der Waals surface area contributed by atoms with E-state index in [0.29, 0.717) is 5.75 Å². The molecule has 0 aromatic heterocycles.